The molecule has 0 radical (unpaired) electrons. The quantitative estimate of drug-likeness (QED) is 0.878. The van der Waals surface area contributed by atoms with Crippen LogP contribution in [0.1, 0.15) is 20.3 Å². The van der Waals surface area contributed by atoms with Crippen molar-refractivity contribution in [3.05, 3.63) is 28.2 Å². The minimum atomic E-state index is -3.33. The Morgan fingerprint density at radius 2 is 1.94 bits per heavy atom. The van der Waals surface area contributed by atoms with Gasteiger partial charge in [-0.1, -0.05) is 30.1 Å². The average Bonchev–Trinajstić information content (AvgIpc) is 2.29. The zero-order valence-electron chi connectivity index (χ0n) is 10.4. The van der Waals surface area contributed by atoms with Crippen molar-refractivity contribution in [1.82, 2.24) is 5.32 Å². The zero-order valence-corrected chi connectivity index (χ0v) is 12.7. The fourth-order valence-electron chi connectivity index (χ4n) is 1.55. The molecule has 0 heterocycles. The van der Waals surface area contributed by atoms with Gasteiger partial charge in [-0.25, -0.2) is 8.42 Å². The second kappa shape index (κ2) is 6.75. The van der Waals surface area contributed by atoms with Gasteiger partial charge in [0, 0.05) is 6.04 Å². The van der Waals surface area contributed by atoms with Crippen LogP contribution in [-0.2, 0) is 9.84 Å². The first-order chi connectivity index (χ1) is 8.36. The maximum absolute atomic E-state index is 12.1. The molecule has 102 valence electrons. The molecule has 0 saturated heterocycles. The topological polar surface area (TPSA) is 46.2 Å². The van der Waals surface area contributed by atoms with E-state index in [1.807, 2.05) is 13.8 Å². The third-order valence-corrected chi connectivity index (χ3v) is 5.11. The lowest BCUT2D eigenvalue weighted by molar-refractivity contribution is 0.555. The molecule has 1 aromatic carbocycles. The van der Waals surface area contributed by atoms with Crippen molar-refractivity contribution in [3.63, 3.8) is 0 Å². The van der Waals surface area contributed by atoms with Crippen molar-refractivity contribution in [2.45, 2.75) is 31.2 Å². The summed E-state index contributed by atoms with van der Waals surface area (Å²) >= 11 is 11.6. The summed E-state index contributed by atoms with van der Waals surface area (Å²) in [6.07, 6.45) is 0.969. The lowest BCUT2D eigenvalue weighted by Gasteiger charge is -2.13. The molecule has 18 heavy (non-hydrogen) atoms. The third-order valence-electron chi connectivity index (χ3n) is 2.46. The normalized spacial score (nSPS) is 13.6. The molecule has 3 nitrogen and oxygen atoms in total. The first-order valence-electron chi connectivity index (χ1n) is 5.78. The van der Waals surface area contributed by atoms with E-state index in [4.69, 9.17) is 23.2 Å². The highest BCUT2D eigenvalue weighted by atomic mass is 35.5. The molecule has 1 atom stereocenters. The Morgan fingerprint density at radius 3 is 2.50 bits per heavy atom. The van der Waals surface area contributed by atoms with Gasteiger partial charge in [-0.2, -0.15) is 0 Å². The molecule has 6 heteroatoms. The van der Waals surface area contributed by atoms with Crippen LogP contribution in [-0.4, -0.2) is 26.8 Å². The van der Waals surface area contributed by atoms with Crippen molar-refractivity contribution in [3.8, 4) is 0 Å². The number of halogens is 2. The molecule has 1 unspecified atom stereocenters. The molecule has 0 aliphatic rings. The second-order valence-electron chi connectivity index (χ2n) is 4.21. The Hall–Kier alpha value is -0.290. The predicted molar refractivity (Wildman–Crippen MR) is 76.3 cm³/mol. The summed E-state index contributed by atoms with van der Waals surface area (Å²) in [6.45, 7) is 4.69. The van der Waals surface area contributed by atoms with Gasteiger partial charge in [0.2, 0.25) is 0 Å². The van der Waals surface area contributed by atoms with Crippen LogP contribution in [0.4, 0.5) is 0 Å². The summed E-state index contributed by atoms with van der Waals surface area (Å²) in [5, 5.41) is 3.76. The maximum Gasteiger partial charge on any atom is 0.179 e. The van der Waals surface area contributed by atoms with E-state index in [1.165, 1.54) is 18.2 Å². The molecule has 0 amide bonds. The molecule has 1 rings (SSSR count). The molecular formula is C12H17Cl2NO2S. The Bertz CT molecular complexity index is 503. The lowest BCUT2D eigenvalue weighted by Crippen LogP contribution is -2.33. The van der Waals surface area contributed by atoms with E-state index >= 15 is 0 Å². The van der Waals surface area contributed by atoms with E-state index in [0.717, 1.165) is 13.0 Å². The first-order valence-corrected chi connectivity index (χ1v) is 8.19. The summed E-state index contributed by atoms with van der Waals surface area (Å²) in [5.41, 5.74) is 0. The number of hydrogen-bond donors (Lipinski definition) is 1. The van der Waals surface area contributed by atoms with Crippen molar-refractivity contribution >= 4 is 33.0 Å². The van der Waals surface area contributed by atoms with Crippen LogP contribution in [0, 0.1) is 0 Å². The van der Waals surface area contributed by atoms with Gasteiger partial charge in [0.15, 0.2) is 9.84 Å². The summed E-state index contributed by atoms with van der Waals surface area (Å²) in [5.74, 6) is 0.0466. The zero-order chi connectivity index (χ0) is 13.8. The molecule has 0 bridgehead atoms. The highest BCUT2D eigenvalue weighted by Crippen LogP contribution is 2.25. The second-order valence-corrected chi connectivity index (χ2v) is 7.06. The summed E-state index contributed by atoms with van der Waals surface area (Å²) in [6, 6.07) is 4.28. The van der Waals surface area contributed by atoms with E-state index in [-0.39, 0.29) is 21.7 Å². The highest BCUT2D eigenvalue weighted by molar-refractivity contribution is 7.91. The molecule has 0 aliphatic heterocycles. The number of nitrogens with one attached hydrogen (secondary N) is 1. The molecule has 0 spiro atoms. The van der Waals surface area contributed by atoms with Gasteiger partial charge in [0.05, 0.1) is 20.7 Å². The van der Waals surface area contributed by atoms with E-state index in [1.54, 1.807) is 0 Å². The largest absolute Gasteiger partial charge is 0.313 e. The fourth-order valence-corrected chi connectivity index (χ4v) is 3.45. The Kier molecular flexibility index (Phi) is 5.92. The van der Waals surface area contributed by atoms with Crippen LogP contribution >= 0.6 is 23.2 Å². The van der Waals surface area contributed by atoms with Crippen molar-refractivity contribution in [2.24, 2.45) is 0 Å². The van der Waals surface area contributed by atoms with E-state index in [2.05, 4.69) is 5.32 Å². The van der Waals surface area contributed by atoms with Gasteiger partial charge in [-0.3, -0.25) is 0 Å². The van der Waals surface area contributed by atoms with Gasteiger partial charge in [-0.15, -0.1) is 0 Å². The first kappa shape index (κ1) is 15.8. The smallest absolute Gasteiger partial charge is 0.179 e. The standard InChI is InChI=1S/C12H17Cl2NO2S/c1-3-6-15-9(2)8-18(16,17)10-4-5-11(13)12(14)7-10/h4-5,7,9,15H,3,6,8H2,1-2H3. The minimum Gasteiger partial charge on any atom is -0.313 e. The van der Waals surface area contributed by atoms with E-state index in [0.29, 0.717) is 5.02 Å². The molecule has 0 fully saturated rings. The Labute approximate surface area is 118 Å². The number of benzene rings is 1. The van der Waals surface area contributed by atoms with E-state index in [9.17, 15) is 8.42 Å². The van der Waals surface area contributed by atoms with Crippen molar-refractivity contribution in [2.75, 3.05) is 12.3 Å². The van der Waals surface area contributed by atoms with Gasteiger partial charge in [0.25, 0.3) is 0 Å². The third kappa shape index (κ3) is 4.43. The minimum absolute atomic E-state index is 0.0466. The monoisotopic (exact) mass is 309 g/mol. The van der Waals surface area contributed by atoms with Crippen LogP contribution in [0.3, 0.4) is 0 Å². The number of rotatable bonds is 6. The maximum atomic E-state index is 12.1. The Morgan fingerprint density at radius 1 is 1.28 bits per heavy atom. The average molecular weight is 310 g/mol. The molecule has 1 aromatic rings. The molecule has 0 saturated carbocycles. The van der Waals surface area contributed by atoms with Gasteiger partial charge < -0.3 is 5.32 Å². The van der Waals surface area contributed by atoms with Crippen LogP contribution in [0.2, 0.25) is 10.0 Å². The van der Waals surface area contributed by atoms with Gasteiger partial charge in [0.1, 0.15) is 0 Å². The van der Waals surface area contributed by atoms with Crippen molar-refractivity contribution < 1.29 is 8.42 Å². The van der Waals surface area contributed by atoms with Crippen LogP contribution < -0.4 is 5.32 Å². The summed E-state index contributed by atoms with van der Waals surface area (Å²) in [7, 11) is -3.33. The lowest BCUT2D eigenvalue weighted by atomic mass is 10.3. The van der Waals surface area contributed by atoms with Crippen molar-refractivity contribution in [1.29, 1.82) is 0 Å². The van der Waals surface area contributed by atoms with Gasteiger partial charge in [-0.05, 0) is 38.1 Å². The molecule has 1 N–H and O–H groups in total. The molecule has 0 aliphatic carbocycles. The molecular weight excluding hydrogens is 293 g/mol. The van der Waals surface area contributed by atoms with Crippen LogP contribution in [0.25, 0.3) is 0 Å². The number of hydrogen-bond acceptors (Lipinski definition) is 3. The summed E-state index contributed by atoms with van der Waals surface area (Å²) < 4.78 is 24.3. The Balaban J connectivity index is 2.83. The molecule has 0 aromatic heterocycles. The number of sulfone groups is 1. The summed E-state index contributed by atoms with van der Waals surface area (Å²) in [4.78, 5) is 0.210. The van der Waals surface area contributed by atoms with E-state index < -0.39 is 9.84 Å². The highest BCUT2D eigenvalue weighted by Gasteiger charge is 2.19. The van der Waals surface area contributed by atoms with Crippen LogP contribution in [0.15, 0.2) is 23.1 Å². The van der Waals surface area contributed by atoms with Gasteiger partial charge >= 0.3 is 0 Å². The van der Waals surface area contributed by atoms with Crippen LogP contribution in [0.5, 0.6) is 0 Å². The predicted octanol–water partition coefficient (Wildman–Crippen LogP) is 3.16. The fraction of sp³-hybridized carbons (Fsp3) is 0.500. The SMILES string of the molecule is CCCNC(C)CS(=O)(=O)c1ccc(Cl)c(Cl)c1.